The third-order valence-electron chi connectivity index (χ3n) is 4.36. The highest BCUT2D eigenvalue weighted by Gasteiger charge is 2.42. The van der Waals surface area contributed by atoms with Crippen molar-refractivity contribution >= 4 is 11.8 Å². The predicted molar refractivity (Wildman–Crippen MR) is 106 cm³/mol. The second-order valence-corrected chi connectivity index (χ2v) is 8.39. The highest BCUT2D eigenvalue weighted by molar-refractivity contribution is 5.90. The van der Waals surface area contributed by atoms with Gasteiger partial charge in [-0.05, 0) is 25.7 Å². The fourth-order valence-electron chi connectivity index (χ4n) is 3.15. The number of hydrogen-bond donors (Lipinski definition) is 2. The molecule has 1 unspecified atom stereocenters. The van der Waals surface area contributed by atoms with Crippen LogP contribution in [0.2, 0.25) is 0 Å². The Morgan fingerprint density at radius 1 is 0.923 bits per heavy atom. The average molecular weight is 371 g/mol. The largest absolute Gasteiger partial charge is 0.481 e. The molecule has 5 heteroatoms. The lowest BCUT2D eigenvalue weighted by Crippen LogP contribution is -2.54. The van der Waals surface area contributed by atoms with E-state index in [0.717, 1.165) is 25.7 Å². The number of likely N-dealkylation sites (N-methyl/N-ethyl adjacent to an activating group) is 1. The Kier molecular flexibility index (Phi) is 12.4. The number of rotatable bonds is 16. The summed E-state index contributed by atoms with van der Waals surface area (Å²) < 4.78 is 0.349. The lowest BCUT2D eigenvalue weighted by atomic mass is 9.89. The molecule has 0 aromatic carbocycles. The number of aliphatic hydroxyl groups is 1. The van der Waals surface area contributed by atoms with Crippen molar-refractivity contribution in [1.29, 1.82) is 0 Å². The third-order valence-corrected chi connectivity index (χ3v) is 4.36. The SMILES string of the molecule is CCCC/C=C\CCCCCCCC(=O)C(O)(CC(=O)O)C[N+](C)(C)C. The molecule has 0 amide bonds. The Balaban J connectivity index is 4.06. The molecular weight excluding hydrogens is 330 g/mol. The van der Waals surface area contributed by atoms with Gasteiger partial charge < -0.3 is 14.7 Å². The van der Waals surface area contributed by atoms with Gasteiger partial charge in [0.15, 0.2) is 11.4 Å². The Labute approximate surface area is 159 Å². The van der Waals surface area contributed by atoms with E-state index in [-0.39, 0.29) is 18.7 Å². The van der Waals surface area contributed by atoms with Crippen LogP contribution in [0.5, 0.6) is 0 Å². The van der Waals surface area contributed by atoms with Crippen LogP contribution in [0, 0.1) is 0 Å². The summed E-state index contributed by atoms with van der Waals surface area (Å²) >= 11 is 0. The average Bonchev–Trinajstić information content (AvgIpc) is 2.49. The maximum Gasteiger partial charge on any atom is 0.306 e. The number of unbranched alkanes of at least 4 members (excludes halogenated alkanes) is 7. The molecule has 0 spiro atoms. The third kappa shape index (κ3) is 13.1. The van der Waals surface area contributed by atoms with Gasteiger partial charge in [0.05, 0.1) is 27.6 Å². The maximum absolute atomic E-state index is 12.4. The summed E-state index contributed by atoms with van der Waals surface area (Å²) in [5, 5.41) is 19.6. The molecule has 0 bridgehead atoms. The molecule has 0 aromatic rings. The van der Waals surface area contributed by atoms with Gasteiger partial charge in [0.1, 0.15) is 6.54 Å². The Morgan fingerprint density at radius 3 is 2.00 bits per heavy atom. The van der Waals surface area contributed by atoms with Gasteiger partial charge >= 0.3 is 5.97 Å². The Morgan fingerprint density at radius 2 is 1.46 bits per heavy atom. The molecule has 26 heavy (non-hydrogen) atoms. The van der Waals surface area contributed by atoms with E-state index in [1.807, 2.05) is 21.1 Å². The van der Waals surface area contributed by atoms with Crippen molar-refractivity contribution in [2.24, 2.45) is 0 Å². The van der Waals surface area contributed by atoms with Crippen LogP contribution >= 0.6 is 0 Å². The first-order valence-electron chi connectivity index (χ1n) is 10.0. The monoisotopic (exact) mass is 370 g/mol. The fraction of sp³-hybridized carbons (Fsp3) is 0.810. The van der Waals surface area contributed by atoms with E-state index in [0.29, 0.717) is 10.9 Å². The zero-order valence-electron chi connectivity index (χ0n) is 17.3. The zero-order chi connectivity index (χ0) is 20.1. The highest BCUT2D eigenvalue weighted by atomic mass is 16.4. The fourth-order valence-corrected chi connectivity index (χ4v) is 3.15. The first-order valence-corrected chi connectivity index (χ1v) is 10.0. The van der Waals surface area contributed by atoms with Gasteiger partial charge in [-0.25, -0.2) is 0 Å². The lowest BCUT2D eigenvalue weighted by molar-refractivity contribution is -0.875. The maximum atomic E-state index is 12.4. The van der Waals surface area contributed by atoms with Gasteiger partial charge in [0, 0.05) is 6.42 Å². The molecule has 0 saturated carbocycles. The molecule has 1 atom stereocenters. The molecule has 0 rings (SSSR count). The van der Waals surface area contributed by atoms with Crippen molar-refractivity contribution in [3.8, 4) is 0 Å². The van der Waals surface area contributed by atoms with Crippen molar-refractivity contribution in [3.63, 3.8) is 0 Å². The van der Waals surface area contributed by atoms with Crippen LogP contribution < -0.4 is 0 Å². The van der Waals surface area contributed by atoms with E-state index >= 15 is 0 Å². The van der Waals surface area contributed by atoms with E-state index in [2.05, 4.69) is 19.1 Å². The van der Waals surface area contributed by atoms with Crippen molar-refractivity contribution in [2.75, 3.05) is 27.7 Å². The van der Waals surface area contributed by atoms with Crippen molar-refractivity contribution < 1.29 is 24.3 Å². The Hall–Kier alpha value is -1.20. The van der Waals surface area contributed by atoms with E-state index in [4.69, 9.17) is 5.11 Å². The minimum Gasteiger partial charge on any atom is -0.481 e. The summed E-state index contributed by atoms with van der Waals surface area (Å²) in [6, 6.07) is 0. The predicted octanol–water partition coefficient (Wildman–Crippen LogP) is 3.94. The summed E-state index contributed by atoms with van der Waals surface area (Å²) in [7, 11) is 5.53. The normalized spacial score (nSPS) is 14.5. The first kappa shape index (κ1) is 24.8. The molecule has 0 aromatic heterocycles. The van der Waals surface area contributed by atoms with Crippen LogP contribution in [0.3, 0.4) is 0 Å². The minimum absolute atomic E-state index is 0.114. The van der Waals surface area contributed by atoms with Crippen LogP contribution in [0.25, 0.3) is 0 Å². The summed E-state index contributed by atoms with van der Waals surface area (Å²) in [5.41, 5.74) is -1.77. The quantitative estimate of drug-likeness (QED) is 0.245. The number of ketones is 1. The second-order valence-electron chi connectivity index (χ2n) is 8.39. The standard InChI is InChI=1S/C21H39NO4/c1-5-6-7-8-9-10-11-12-13-14-15-16-19(23)21(26,17-20(24)25)18-22(2,3)4/h8-9,26H,5-7,10-18H2,1-4H3/p+1/b9-8-. The lowest BCUT2D eigenvalue weighted by Gasteiger charge is -2.33. The molecule has 0 saturated heterocycles. The van der Waals surface area contributed by atoms with Crippen molar-refractivity contribution in [1.82, 2.24) is 0 Å². The minimum atomic E-state index is -1.77. The topological polar surface area (TPSA) is 74.6 Å². The van der Waals surface area contributed by atoms with Gasteiger partial charge in [-0.3, -0.25) is 9.59 Å². The molecule has 0 aliphatic carbocycles. The number of allylic oxidation sites excluding steroid dienone is 2. The summed E-state index contributed by atoms with van der Waals surface area (Å²) in [6.07, 6.45) is 14.1. The molecule has 0 aliphatic heterocycles. The van der Waals surface area contributed by atoms with Crippen LogP contribution in [-0.4, -0.2) is 59.7 Å². The molecule has 0 fully saturated rings. The number of hydrogen-bond acceptors (Lipinski definition) is 3. The van der Waals surface area contributed by atoms with Gasteiger partial charge in [0.25, 0.3) is 0 Å². The smallest absolute Gasteiger partial charge is 0.306 e. The van der Waals surface area contributed by atoms with Crippen LogP contribution in [0.4, 0.5) is 0 Å². The van der Waals surface area contributed by atoms with Crippen LogP contribution in [-0.2, 0) is 9.59 Å². The number of Topliss-reactive ketones (excluding diaryl/α,β-unsaturated/α-hetero) is 1. The number of carbonyl (C=O) groups excluding carboxylic acids is 1. The van der Waals surface area contributed by atoms with E-state index < -0.39 is 18.0 Å². The summed E-state index contributed by atoms with van der Waals surface area (Å²) in [4.78, 5) is 23.4. The molecule has 0 aliphatic rings. The number of nitrogens with zero attached hydrogens (tertiary/aromatic N) is 1. The summed E-state index contributed by atoms with van der Waals surface area (Å²) in [5.74, 6) is -1.48. The number of aliphatic carboxylic acids is 1. The van der Waals surface area contributed by atoms with Gasteiger partial charge in [-0.2, -0.15) is 0 Å². The highest BCUT2D eigenvalue weighted by Crippen LogP contribution is 2.20. The molecule has 0 heterocycles. The zero-order valence-corrected chi connectivity index (χ0v) is 17.3. The van der Waals surface area contributed by atoms with Crippen molar-refractivity contribution in [3.05, 3.63) is 12.2 Å². The molecule has 2 N–H and O–H groups in total. The van der Waals surface area contributed by atoms with Crippen LogP contribution in [0.15, 0.2) is 12.2 Å². The number of carboxylic acids is 1. The summed E-state index contributed by atoms with van der Waals surface area (Å²) in [6.45, 7) is 2.31. The van der Waals surface area contributed by atoms with E-state index in [1.165, 1.54) is 25.7 Å². The Bertz CT molecular complexity index is 440. The van der Waals surface area contributed by atoms with Crippen molar-refractivity contribution in [2.45, 2.75) is 83.2 Å². The first-order chi connectivity index (χ1) is 12.1. The van der Waals surface area contributed by atoms with Gasteiger partial charge in [0.2, 0.25) is 0 Å². The van der Waals surface area contributed by atoms with E-state index in [1.54, 1.807) is 0 Å². The second kappa shape index (κ2) is 13.0. The van der Waals surface area contributed by atoms with Crippen LogP contribution in [0.1, 0.15) is 77.6 Å². The number of carbonyl (C=O) groups is 2. The molecule has 0 radical (unpaired) electrons. The van der Waals surface area contributed by atoms with Gasteiger partial charge in [-0.1, -0.05) is 51.2 Å². The molecular formula is C21H40NO4+. The van der Waals surface area contributed by atoms with E-state index in [9.17, 15) is 14.7 Å². The van der Waals surface area contributed by atoms with Gasteiger partial charge in [-0.15, -0.1) is 0 Å². The number of carboxylic acid groups (broad SMARTS) is 1. The number of quaternary nitrogens is 1. The molecule has 152 valence electrons. The molecule has 5 nitrogen and oxygen atoms in total.